The average Bonchev–Trinajstić information content (AvgIpc) is 2.34. The predicted octanol–water partition coefficient (Wildman–Crippen LogP) is 3.51. The molecule has 0 bridgehead atoms. The van der Waals surface area contributed by atoms with E-state index in [0.717, 1.165) is 22.4 Å². The van der Waals surface area contributed by atoms with Gasteiger partial charge in [0, 0.05) is 12.6 Å². The molecule has 0 aliphatic carbocycles. The second-order valence-electron chi connectivity index (χ2n) is 6.71. The maximum Gasteiger partial charge on any atom is 0.315 e. The summed E-state index contributed by atoms with van der Waals surface area (Å²) in [7, 11) is 1.69. The summed E-state index contributed by atoms with van der Waals surface area (Å²) < 4.78 is 5.49. The number of hydrogen-bond donors (Lipinski definition) is 2. The molecular weight excluding hydrogens is 264 g/mol. The highest BCUT2D eigenvalue weighted by molar-refractivity contribution is 5.74. The van der Waals surface area contributed by atoms with Gasteiger partial charge in [-0.2, -0.15) is 0 Å². The van der Waals surface area contributed by atoms with Crippen molar-refractivity contribution < 1.29 is 9.53 Å². The highest BCUT2D eigenvalue weighted by Gasteiger charge is 2.20. The second kappa shape index (κ2) is 6.83. The number of ether oxygens (including phenoxy) is 1. The highest BCUT2D eigenvalue weighted by atomic mass is 16.5. The minimum atomic E-state index is -0.141. The number of rotatable bonds is 4. The Hall–Kier alpha value is -1.71. The summed E-state index contributed by atoms with van der Waals surface area (Å²) in [4.78, 5) is 11.7. The van der Waals surface area contributed by atoms with Crippen LogP contribution in [0.3, 0.4) is 0 Å². The van der Waals surface area contributed by atoms with Gasteiger partial charge in [-0.15, -0.1) is 0 Å². The lowest BCUT2D eigenvalue weighted by Gasteiger charge is -2.24. The molecule has 0 heterocycles. The summed E-state index contributed by atoms with van der Waals surface area (Å²) in [5.74, 6) is 0.899. The summed E-state index contributed by atoms with van der Waals surface area (Å²) in [6.45, 7) is 12.9. The maximum absolute atomic E-state index is 11.7. The molecule has 1 aromatic rings. The monoisotopic (exact) mass is 292 g/mol. The van der Waals surface area contributed by atoms with Crippen molar-refractivity contribution in [1.82, 2.24) is 10.6 Å². The second-order valence-corrected chi connectivity index (χ2v) is 6.71. The van der Waals surface area contributed by atoms with E-state index in [2.05, 4.69) is 37.5 Å². The molecule has 0 aliphatic rings. The first-order valence-corrected chi connectivity index (χ1v) is 7.37. The zero-order valence-corrected chi connectivity index (χ0v) is 14.3. The molecule has 0 fully saturated rings. The fourth-order valence-corrected chi connectivity index (χ4v) is 2.16. The molecule has 0 unspecified atom stereocenters. The third kappa shape index (κ3) is 4.96. The van der Waals surface area contributed by atoms with Crippen molar-refractivity contribution >= 4 is 6.03 Å². The number of hydrogen-bond acceptors (Lipinski definition) is 2. The van der Waals surface area contributed by atoms with Crippen LogP contribution in [0.1, 0.15) is 51.3 Å². The maximum atomic E-state index is 11.7. The Morgan fingerprint density at radius 2 is 1.90 bits per heavy atom. The summed E-state index contributed by atoms with van der Waals surface area (Å²) in [6, 6.07) is 4.16. The van der Waals surface area contributed by atoms with Crippen LogP contribution in [0.5, 0.6) is 5.75 Å². The summed E-state index contributed by atoms with van der Waals surface area (Å²) in [5, 5.41) is 5.72. The van der Waals surface area contributed by atoms with Gasteiger partial charge in [0.1, 0.15) is 5.75 Å². The van der Waals surface area contributed by atoms with Gasteiger partial charge in [-0.1, -0.05) is 20.8 Å². The van der Waals surface area contributed by atoms with Gasteiger partial charge < -0.3 is 15.4 Å². The van der Waals surface area contributed by atoms with Gasteiger partial charge in [0.25, 0.3) is 0 Å². The Bertz CT molecular complexity index is 502. The molecule has 0 atom stereocenters. The molecule has 118 valence electrons. The smallest absolute Gasteiger partial charge is 0.315 e. The number of carbonyl (C=O) groups excluding carboxylic acids is 1. The van der Waals surface area contributed by atoms with Crippen LogP contribution in [0.25, 0.3) is 0 Å². The van der Waals surface area contributed by atoms with E-state index in [0.29, 0.717) is 6.54 Å². The van der Waals surface area contributed by atoms with Crippen molar-refractivity contribution in [3.05, 3.63) is 28.8 Å². The molecule has 0 spiro atoms. The fourth-order valence-electron chi connectivity index (χ4n) is 2.16. The van der Waals surface area contributed by atoms with E-state index in [1.807, 2.05) is 26.8 Å². The summed E-state index contributed by atoms with van der Waals surface area (Å²) >= 11 is 0. The van der Waals surface area contributed by atoms with Gasteiger partial charge in [0.05, 0.1) is 7.11 Å². The lowest BCUT2D eigenvalue weighted by atomic mass is 9.84. The number of urea groups is 1. The lowest BCUT2D eigenvalue weighted by Crippen LogP contribution is -2.39. The van der Waals surface area contributed by atoms with Crippen LogP contribution >= 0.6 is 0 Å². The number of benzene rings is 1. The van der Waals surface area contributed by atoms with Crippen LogP contribution in [0, 0.1) is 6.92 Å². The number of aryl methyl sites for hydroxylation is 1. The Labute approximate surface area is 128 Å². The molecule has 2 amide bonds. The van der Waals surface area contributed by atoms with E-state index in [1.54, 1.807) is 7.11 Å². The Morgan fingerprint density at radius 1 is 1.29 bits per heavy atom. The molecule has 4 nitrogen and oxygen atoms in total. The normalized spacial score (nSPS) is 11.4. The van der Waals surface area contributed by atoms with Crippen LogP contribution < -0.4 is 15.4 Å². The van der Waals surface area contributed by atoms with E-state index < -0.39 is 0 Å². The van der Waals surface area contributed by atoms with Crippen LogP contribution in [0.15, 0.2) is 12.1 Å². The van der Waals surface area contributed by atoms with Gasteiger partial charge in [-0.05, 0) is 55.0 Å². The van der Waals surface area contributed by atoms with Crippen LogP contribution in [-0.4, -0.2) is 19.2 Å². The van der Waals surface area contributed by atoms with Crippen molar-refractivity contribution in [2.75, 3.05) is 7.11 Å². The fraction of sp³-hybridized carbons (Fsp3) is 0.588. The molecule has 0 aromatic heterocycles. The van der Waals surface area contributed by atoms with Crippen molar-refractivity contribution in [2.24, 2.45) is 0 Å². The quantitative estimate of drug-likeness (QED) is 0.892. The third-order valence-electron chi connectivity index (χ3n) is 3.33. The van der Waals surface area contributed by atoms with Gasteiger partial charge in [0.2, 0.25) is 0 Å². The molecule has 21 heavy (non-hydrogen) atoms. The highest BCUT2D eigenvalue weighted by Crippen LogP contribution is 2.33. The number of methoxy groups -OCH3 is 1. The van der Waals surface area contributed by atoms with E-state index in [-0.39, 0.29) is 17.5 Å². The molecule has 1 aromatic carbocycles. The van der Waals surface area contributed by atoms with Gasteiger partial charge in [-0.3, -0.25) is 0 Å². The standard InChI is InChI=1S/C17H28N2O2/c1-11(2)19-16(20)18-10-13-9-14(17(4,5)6)15(21-7)8-12(13)3/h8-9,11H,10H2,1-7H3,(H2,18,19,20). The van der Waals surface area contributed by atoms with E-state index in [9.17, 15) is 4.79 Å². The molecule has 0 saturated carbocycles. The van der Waals surface area contributed by atoms with Crippen LogP contribution in [-0.2, 0) is 12.0 Å². The number of carbonyl (C=O) groups is 1. The first-order valence-electron chi connectivity index (χ1n) is 7.37. The van der Waals surface area contributed by atoms with Crippen LogP contribution in [0.4, 0.5) is 4.79 Å². The molecule has 0 saturated heterocycles. The topological polar surface area (TPSA) is 50.4 Å². The molecular formula is C17H28N2O2. The van der Waals surface area contributed by atoms with E-state index in [4.69, 9.17) is 4.74 Å². The van der Waals surface area contributed by atoms with Gasteiger partial charge >= 0.3 is 6.03 Å². The van der Waals surface area contributed by atoms with E-state index in [1.165, 1.54) is 0 Å². The number of nitrogens with one attached hydrogen (secondary N) is 2. The van der Waals surface area contributed by atoms with Crippen molar-refractivity contribution in [1.29, 1.82) is 0 Å². The molecule has 0 radical (unpaired) electrons. The first kappa shape index (κ1) is 17.3. The van der Waals surface area contributed by atoms with Crippen molar-refractivity contribution in [2.45, 2.75) is 59.5 Å². The summed E-state index contributed by atoms with van der Waals surface area (Å²) in [6.07, 6.45) is 0. The zero-order chi connectivity index (χ0) is 16.2. The van der Waals surface area contributed by atoms with Crippen molar-refractivity contribution in [3.63, 3.8) is 0 Å². The third-order valence-corrected chi connectivity index (χ3v) is 3.33. The first-order chi connectivity index (χ1) is 9.65. The van der Waals surface area contributed by atoms with Gasteiger partial charge in [-0.25, -0.2) is 4.79 Å². The Kier molecular flexibility index (Phi) is 5.64. The largest absolute Gasteiger partial charge is 0.496 e. The Morgan fingerprint density at radius 3 is 2.38 bits per heavy atom. The lowest BCUT2D eigenvalue weighted by molar-refractivity contribution is 0.238. The summed E-state index contributed by atoms with van der Waals surface area (Å²) in [5.41, 5.74) is 3.37. The van der Waals surface area contributed by atoms with Gasteiger partial charge in [0.15, 0.2) is 0 Å². The average molecular weight is 292 g/mol. The molecule has 1 rings (SSSR count). The SMILES string of the molecule is COc1cc(C)c(CNC(=O)NC(C)C)cc1C(C)(C)C. The predicted molar refractivity (Wildman–Crippen MR) is 86.9 cm³/mol. The molecule has 2 N–H and O–H groups in total. The minimum Gasteiger partial charge on any atom is -0.496 e. The number of amides is 2. The van der Waals surface area contributed by atoms with E-state index >= 15 is 0 Å². The van der Waals surface area contributed by atoms with Crippen LogP contribution in [0.2, 0.25) is 0 Å². The molecule has 0 aliphatic heterocycles. The molecule has 4 heteroatoms. The zero-order valence-electron chi connectivity index (χ0n) is 14.3. The van der Waals surface area contributed by atoms with Crippen molar-refractivity contribution in [3.8, 4) is 5.75 Å². The minimum absolute atomic E-state index is 0.00597. The Balaban J connectivity index is 2.95.